The predicted octanol–water partition coefficient (Wildman–Crippen LogP) is 2.36. The third-order valence-corrected chi connectivity index (χ3v) is 6.85. The van der Waals surface area contributed by atoms with Crippen molar-refractivity contribution >= 4 is 23.6 Å². The molecule has 2 atom stereocenters. The molecule has 1 spiro atoms. The van der Waals surface area contributed by atoms with Crippen molar-refractivity contribution in [3.63, 3.8) is 0 Å². The van der Waals surface area contributed by atoms with E-state index in [0.717, 1.165) is 57.5 Å². The Morgan fingerprint density at radius 2 is 2.04 bits per heavy atom. The number of carbonyl (C=O) groups excluding carboxylic acids is 2. The number of nitrogens with one attached hydrogen (secondary N) is 2. The highest BCUT2D eigenvalue weighted by Crippen LogP contribution is 2.39. The summed E-state index contributed by atoms with van der Waals surface area (Å²) in [6.07, 6.45) is 5.67. The average Bonchev–Trinajstić information content (AvgIpc) is 3.01. The van der Waals surface area contributed by atoms with Gasteiger partial charge in [-0.25, -0.2) is 0 Å². The molecule has 2 rings (SSSR count). The van der Waals surface area contributed by atoms with Crippen molar-refractivity contribution in [2.24, 2.45) is 5.92 Å². The number of rotatable bonds is 7. The summed E-state index contributed by atoms with van der Waals surface area (Å²) >= 11 is 1.86. The van der Waals surface area contributed by atoms with E-state index >= 15 is 0 Å². The molecule has 24 heavy (non-hydrogen) atoms. The van der Waals surface area contributed by atoms with Crippen LogP contribution >= 0.6 is 11.8 Å². The van der Waals surface area contributed by atoms with Crippen LogP contribution in [0.15, 0.2) is 0 Å². The maximum atomic E-state index is 12.3. The van der Waals surface area contributed by atoms with Gasteiger partial charge in [0, 0.05) is 31.8 Å². The summed E-state index contributed by atoms with van der Waals surface area (Å²) in [5.41, 5.74) is 0. The van der Waals surface area contributed by atoms with Crippen LogP contribution in [0.4, 0.5) is 0 Å². The van der Waals surface area contributed by atoms with E-state index in [-0.39, 0.29) is 22.7 Å². The van der Waals surface area contributed by atoms with E-state index in [4.69, 9.17) is 0 Å². The standard InChI is InChI=1S/C18H33N3O2S/c1-4-6-7-16(22)21-10-8-18(9-11-21)20-15(13-24-18)17(23)19-12-14(3)5-2/h14-15,20H,4-13H2,1-3H3,(H,19,23). The van der Waals surface area contributed by atoms with Gasteiger partial charge in [-0.3, -0.25) is 14.9 Å². The minimum atomic E-state index is -0.0959. The van der Waals surface area contributed by atoms with E-state index < -0.39 is 0 Å². The highest BCUT2D eigenvalue weighted by atomic mass is 32.2. The van der Waals surface area contributed by atoms with Gasteiger partial charge in [0.05, 0.1) is 10.9 Å². The fraction of sp³-hybridized carbons (Fsp3) is 0.889. The van der Waals surface area contributed by atoms with Gasteiger partial charge in [0.2, 0.25) is 11.8 Å². The molecule has 6 heteroatoms. The molecule has 2 aliphatic heterocycles. The zero-order valence-electron chi connectivity index (χ0n) is 15.4. The number of carbonyl (C=O) groups is 2. The molecule has 0 aromatic heterocycles. The molecule has 2 N–H and O–H groups in total. The van der Waals surface area contributed by atoms with Gasteiger partial charge in [-0.1, -0.05) is 33.6 Å². The van der Waals surface area contributed by atoms with Gasteiger partial charge in [0.15, 0.2) is 0 Å². The molecule has 2 unspecified atom stereocenters. The van der Waals surface area contributed by atoms with Crippen molar-refractivity contribution in [3.8, 4) is 0 Å². The Hall–Kier alpha value is -0.750. The number of likely N-dealkylation sites (tertiary alicyclic amines) is 1. The van der Waals surface area contributed by atoms with Crippen LogP contribution < -0.4 is 10.6 Å². The molecule has 2 aliphatic rings. The highest BCUT2D eigenvalue weighted by molar-refractivity contribution is 8.01. The Labute approximate surface area is 150 Å². The van der Waals surface area contributed by atoms with Crippen molar-refractivity contribution in [2.45, 2.75) is 70.2 Å². The number of unbranched alkanes of at least 4 members (excludes halogenated alkanes) is 1. The quantitative estimate of drug-likeness (QED) is 0.736. The van der Waals surface area contributed by atoms with E-state index in [2.05, 4.69) is 31.4 Å². The molecule has 138 valence electrons. The second-order valence-electron chi connectivity index (χ2n) is 7.25. The van der Waals surface area contributed by atoms with Crippen LogP contribution in [0.5, 0.6) is 0 Å². The molecular formula is C18H33N3O2S. The van der Waals surface area contributed by atoms with Crippen LogP contribution in [0.1, 0.15) is 59.3 Å². The Balaban J connectivity index is 1.77. The molecule has 2 amide bonds. The van der Waals surface area contributed by atoms with Crippen LogP contribution in [0, 0.1) is 5.92 Å². The fourth-order valence-corrected chi connectivity index (χ4v) is 4.64. The predicted molar refractivity (Wildman–Crippen MR) is 99.9 cm³/mol. The lowest BCUT2D eigenvalue weighted by atomic mass is 10.0. The lowest BCUT2D eigenvalue weighted by Gasteiger charge is -2.39. The van der Waals surface area contributed by atoms with Gasteiger partial charge < -0.3 is 10.2 Å². The Kier molecular flexibility index (Phi) is 7.41. The number of hydrogen-bond donors (Lipinski definition) is 2. The fourth-order valence-electron chi connectivity index (χ4n) is 3.22. The molecule has 0 aromatic carbocycles. The van der Waals surface area contributed by atoms with Crippen LogP contribution in [-0.4, -0.2) is 53.0 Å². The third kappa shape index (κ3) is 5.12. The molecule has 0 bridgehead atoms. The first-order chi connectivity index (χ1) is 11.5. The normalized spacial score (nSPS) is 24.1. The summed E-state index contributed by atoms with van der Waals surface area (Å²) in [5, 5.41) is 6.63. The van der Waals surface area contributed by atoms with Gasteiger partial charge in [-0.15, -0.1) is 11.8 Å². The van der Waals surface area contributed by atoms with Gasteiger partial charge in [0.1, 0.15) is 0 Å². The maximum absolute atomic E-state index is 12.3. The molecular weight excluding hydrogens is 322 g/mol. The van der Waals surface area contributed by atoms with Crippen LogP contribution in [-0.2, 0) is 9.59 Å². The Morgan fingerprint density at radius 3 is 2.67 bits per heavy atom. The lowest BCUT2D eigenvalue weighted by Crippen LogP contribution is -2.54. The molecule has 0 saturated carbocycles. The highest BCUT2D eigenvalue weighted by Gasteiger charge is 2.44. The van der Waals surface area contributed by atoms with Crippen molar-refractivity contribution in [2.75, 3.05) is 25.4 Å². The lowest BCUT2D eigenvalue weighted by molar-refractivity contribution is -0.132. The van der Waals surface area contributed by atoms with Crippen molar-refractivity contribution in [3.05, 3.63) is 0 Å². The minimum Gasteiger partial charge on any atom is -0.354 e. The average molecular weight is 356 g/mol. The molecule has 2 fully saturated rings. The summed E-state index contributed by atoms with van der Waals surface area (Å²) in [5.74, 6) is 1.77. The topological polar surface area (TPSA) is 61.4 Å². The van der Waals surface area contributed by atoms with Crippen LogP contribution in [0.25, 0.3) is 0 Å². The number of nitrogens with zero attached hydrogens (tertiary/aromatic N) is 1. The maximum Gasteiger partial charge on any atom is 0.238 e. The van der Waals surface area contributed by atoms with Gasteiger partial charge >= 0.3 is 0 Å². The molecule has 0 radical (unpaired) electrons. The summed E-state index contributed by atoms with van der Waals surface area (Å²) in [7, 11) is 0. The first kappa shape index (κ1) is 19.6. The SMILES string of the molecule is CCCCC(=O)N1CCC2(CC1)NC(C(=O)NCC(C)CC)CS2. The third-order valence-electron chi connectivity index (χ3n) is 5.27. The van der Waals surface area contributed by atoms with E-state index in [1.54, 1.807) is 0 Å². The number of piperidine rings is 1. The number of amides is 2. The molecule has 2 heterocycles. The summed E-state index contributed by atoms with van der Waals surface area (Å²) < 4.78 is 0. The first-order valence-electron chi connectivity index (χ1n) is 9.46. The molecule has 5 nitrogen and oxygen atoms in total. The van der Waals surface area contributed by atoms with Crippen LogP contribution in [0.3, 0.4) is 0 Å². The van der Waals surface area contributed by atoms with E-state index in [1.165, 1.54) is 0 Å². The van der Waals surface area contributed by atoms with Gasteiger partial charge in [-0.05, 0) is 25.2 Å². The van der Waals surface area contributed by atoms with Crippen molar-refractivity contribution in [1.82, 2.24) is 15.5 Å². The summed E-state index contributed by atoms with van der Waals surface area (Å²) in [6.45, 7) is 8.79. The zero-order chi connectivity index (χ0) is 17.6. The van der Waals surface area contributed by atoms with Gasteiger partial charge in [0.25, 0.3) is 0 Å². The largest absolute Gasteiger partial charge is 0.354 e. The number of hydrogen-bond acceptors (Lipinski definition) is 4. The monoisotopic (exact) mass is 355 g/mol. The van der Waals surface area contributed by atoms with Gasteiger partial charge in [-0.2, -0.15) is 0 Å². The Bertz CT molecular complexity index is 436. The van der Waals surface area contributed by atoms with E-state index in [0.29, 0.717) is 12.3 Å². The summed E-state index contributed by atoms with van der Waals surface area (Å²) in [4.78, 5) is 26.5. The van der Waals surface area contributed by atoms with Crippen LogP contribution in [0.2, 0.25) is 0 Å². The number of thioether (sulfide) groups is 1. The first-order valence-corrected chi connectivity index (χ1v) is 10.5. The van der Waals surface area contributed by atoms with Crippen molar-refractivity contribution < 1.29 is 9.59 Å². The summed E-state index contributed by atoms with van der Waals surface area (Å²) in [6, 6.07) is -0.0959. The molecule has 0 aliphatic carbocycles. The molecule has 0 aromatic rings. The molecule has 2 saturated heterocycles. The Morgan fingerprint density at radius 1 is 1.33 bits per heavy atom. The minimum absolute atomic E-state index is 0.0140. The van der Waals surface area contributed by atoms with E-state index in [9.17, 15) is 9.59 Å². The zero-order valence-corrected chi connectivity index (χ0v) is 16.2. The second-order valence-corrected chi connectivity index (χ2v) is 8.65. The van der Waals surface area contributed by atoms with E-state index in [1.807, 2.05) is 16.7 Å². The van der Waals surface area contributed by atoms with Crippen molar-refractivity contribution in [1.29, 1.82) is 0 Å². The second kappa shape index (κ2) is 9.09. The smallest absolute Gasteiger partial charge is 0.238 e.